The summed E-state index contributed by atoms with van der Waals surface area (Å²) in [5.41, 5.74) is 1.43. The summed E-state index contributed by atoms with van der Waals surface area (Å²) in [5.74, 6) is 0.520. The quantitative estimate of drug-likeness (QED) is 0.611. The van der Waals surface area contributed by atoms with Crippen LogP contribution in [-0.4, -0.2) is 25.0 Å². The lowest BCUT2D eigenvalue weighted by molar-refractivity contribution is -0.136. The van der Waals surface area contributed by atoms with Gasteiger partial charge in [-0.2, -0.15) is 0 Å². The monoisotopic (exact) mass is 182 g/mol. The Labute approximate surface area is 77.7 Å². The molecule has 0 fully saturated rings. The van der Waals surface area contributed by atoms with Gasteiger partial charge in [0.25, 0.3) is 0 Å². The summed E-state index contributed by atoms with van der Waals surface area (Å²) in [4.78, 5) is 15.5. The normalized spacial score (nSPS) is 22.2. The molecule has 0 saturated heterocycles. The van der Waals surface area contributed by atoms with Gasteiger partial charge < -0.3 is 10.1 Å². The van der Waals surface area contributed by atoms with E-state index in [0.29, 0.717) is 5.57 Å². The summed E-state index contributed by atoms with van der Waals surface area (Å²) in [6.07, 6.45) is 0. The SMILES string of the molecule is COC(=O)C1=C(C)NC(C)=NC1C. The molecule has 4 nitrogen and oxygen atoms in total. The standard InChI is InChI=1S/C9H14N2O2/c1-5-8(9(12)13-4)6(2)11-7(3)10-5/h5H,1-4H3,(H,10,11). The van der Waals surface area contributed by atoms with Crippen LogP contribution >= 0.6 is 0 Å². The van der Waals surface area contributed by atoms with Crippen LogP contribution in [0.1, 0.15) is 20.8 Å². The van der Waals surface area contributed by atoms with E-state index in [1.807, 2.05) is 20.8 Å². The van der Waals surface area contributed by atoms with Crippen molar-refractivity contribution >= 4 is 11.8 Å². The average Bonchev–Trinajstić information content (AvgIpc) is 2.02. The van der Waals surface area contributed by atoms with Crippen molar-refractivity contribution in [3.8, 4) is 0 Å². The van der Waals surface area contributed by atoms with Gasteiger partial charge in [-0.1, -0.05) is 0 Å². The fourth-order valence-corrected chi connectivity index (χ4v) is 1.47. The summed E-state index contributed by atoms with van der Waals surface area (Å²) < 4.78 is 4.66. The van der Waals surface area contributed by atoms with Crippen molar-refractivity contribution in [3.05, 3.63) is 11.3 Å². The van der Waals surface area contributed by atoms with E-state index in [0.717, 1.165) is 11.5 Å². The van der Waals surface area contributed by atoms with Gasteiger partial charge in [0.1, 0.15) is 0 Å². The molecule has 0 bridgehead atoms. The molecule has 0 aromatic rings. The number of carbonyl (C=O) groups is 1. The second kappa shape index (κ2) is 3.60. The number of ether oxygens (including phenoxy) is 1. The summed E-state index contributed by atoms with van der Waals surface area (Å²) in [6.45, 7) is 5.59. The van der Waals surface area contributed by atoms with Crippen LogP contribution in [0.5, 0.6) is 0 Å². The minimum Gasteiger partial charge on any atom is -0.466 e. The zero-order chi connectivity index (χ0) is 10.0. The molecule has 4 heteroatoms. The van der Waals surface area contributed by atoms with Crippen LogP contribution in [0.15, 0.2) is 16.3 Å². The number of hydrogen-bond donors (Lipinski definition) is 1. The molecule has 1 heterocycles. The third kappa shape index (κ3) is 1.88. The highest BCUT2D eigenvalue weighted by Crippen LogP contribution is 2.16. The summed E-state index contributed by atoms with van der Waals surface area (Å²) in [7, 11) is 1.38. The smallest absolute Gasteiger partial charge is 0.337 e. The zero-order valence-electron chi connectivity index (χ0n) is 8.34. The molecule has 0 saturated carbocycles. The number of aliphatic imine (C=N–C) groups is 1. The maximum absolute atomic E-state index is 11.3. The van der Waals surface area contributed by atoms with Crippen molar-refractivity contribution in [2.75, 3.05) is 7.11 Å². The van der Waals surface area contributed by atoms with Crippen molar-refractivity contribution in [1.29, 1.82) is 0 Å². The van der Waals surface area contributed by atoms with E-state index in [4.69, 9.17) is 0 Å². The molecule has 1 N–H and O–H groups in total. The van der Waals surface area contributed by atoms with E-state index in [9.17, 15) is 4.79 Å². The minimum atomic E-state index is -0.311. The van der Waals surface area contributed by atoms with Gasteiger partial charge in [0.2, 0.25) is 0 Å². The second-order valence-electron chi connectivity index (χ2n) is 3.05. The lowest BCUT2D eigenvalue weighted by atomic mass is 10.1. The van der Waals surface area contributed by atoms with Gasteiger partial charge in [0, 0.05) is 5.70 Å². The molecule has 1 rings (SSSR count). The molecule has 1 unspecified atom stereocenters. The minimum absolute atomic E-state index is 0.117. The number of carbonyl (C=O) groups excluding carboxylic acids is 1. The Kier molecular flexibility index (Phi) is 2.70. The van der Waals surface area contributed by atoms with E-state index in [1.54, 1.807) is 0 Å². The molecule has 13 heavy (non-hydrogen) atoms. The molecule has 72 valence electrons. The summed E-state index contributed by atoms with van der Waals surface area (Å²) in [5, 5.41) is 3.00. The Hall–Kier alpha value is -1.32. The highest BCUT2D eigenvalue weighted by atomic mass is 16.5. The Bertz CT molecular complexity index is 292. The van der Waals surface area contributed by atoms with Crippen LogP contribution in [0, 0.1) is 0 Å². The van der Waals surface area contributed by atoms with Crippen molar-refractivity contribution < 1.29 is 9.53 Å². The first kappa shape index (κ1) is 9.77. The van der Waals surface area contributed by atoms with Crippen molar-refractivity contribution in [1.82, 2.24) is 5.32 Å². The van der Waals surface area contributed by atoms with Gasteiger partial charge in [0.05, 0.1) is 24.6 Å². The van der Waals surface area contributed by atoms with E-state index in [2.05, 4.69) is 15.0 Å². The van der Waals surface area contributed by atoms with Crippen molar-refractivity contribution in [2.24, 2.45) is 4.99 Å². The lowest BCUT2D eigenvalue weighted by Gasteiger charge is -2.21. The first-order valence-corrected chi connectivity index (χ1v) is 4.16. The fourth-order valence-electron chi connectivity index (χ4n) is 1.47. The third-order valence-electron chi connectivity index (χ3n) is 1.98. The Balaban J connectivity index is 2.96. The fraction of sp³-hybridized carbons (Fsp3) is 0.556. The van der Waals surface area contributed by atoms with Crippen molar-refractivity contribution in [2.45, 2.75) is 26.8 Å². The van der Waals surface area contributed by atoms with Crippen LogP contribution in [-0.2, 0) is 9.53 Å². The molecule has 0 radical (unpaired) electrons. The first-order valence-electron chi connectivity index (χ1n) is 4.16. The number of nitrogens with zero attached hydrogens (tertiary/aromatic N) is 1. The first-order chi connectivity index (χ1) is 6.06. The highest BCUT2D eigenvalue weighted by molar-refractivity contribution is 5.94. The van der Waals surface area contributed by atoms with Gasteiger partial charge in [-0.05, 0) is 20.8 Å². The summed E-state index contributed by atoms with van der Waals surface area (Å²) >= 11 is 0. The topological polar surface area (TPSA) is 50.7 Å². The number of nitrogens with one attached hydrogen (secondary N) is 1. The van der Waals surface area contributed by atoms with Gasteiger partial charge in [0.15, 0.2) is 0 Å². The molecular formula is C9H14N2O2. The zero-order valence-corrected chi connectivity index (χ0v) is 8.34. The van der Waals surface area contributed by atoms with Crippen molar-refractivity contribution in [3.63, 3.8) is 0 Å². The highest BCUT2D eigenvalue weighted by Gasteiger charge is 2.23. The number of methoxy groups -OCH3 is 1. The Morgan fingerprint density at radius 3 is 2.62 bits per heavy atom. The van der Waals surface area contributed by atoms with E-state index >= 15 is 0 Å². The Morgan fingerprint density at radius 2 is 2.15 bits per heavy atom. The largest absolute Gasteiger partial charge is 0.466 e. The van der Waals surface area contributed by atoms with Gasteiger partial charge in [-0.15, -0.1) is 0 Å². The number of amidine groups is 1. The third-order valence-corrected chi connectivity index (χ3v) is 1.98. The van der Waals surface area contributed by atoms with Gasteiger partial charge in [-0.25, -0.2) is 4.79 Å². The predicted molar refractivity (Wildman–Crippen MR) is 50.4 cm³/mol. The maximum Gasteiger partial charge on any atom is 0.337 e. The number of esters is 1. The van der Waals surface area contributed by atoms with Crippen LogP contribution in [0.25, 0.3) is 0 Å². The molecule has 1 aliphatic heterocycles. The molecular weight excluding hydrogens is 168 g/mol. The molecule has 1 aliphatic rings. The molecule has 0 spiro atoms. The van der Waals surface area contributed by atoms with E-state index in [-0.39, 0.29) is 12.0 Å². The lowest BCUT2D eigenvalue weighted by Crippen LogP contribution is -2.32. The molecule has 0 aromatic carbocycles. The molecule has 0 aromatic heterocycles. The van der Waals surface area contributed by atoms with E-state index < -0.39 is 0 Å². The molecule has 0 aliphatic carbocycles. The van der Waals surface area contributed by atoms with Crippen LogP contribution in [0.2, 0.25) is 0 Å². The van der Waals surface area contributed by atoms with Crippen LogP contribution in [0.3, 0.4) is 0 Å². The summed E-state index contributed by atoms with van der Waals surface area (Å²) in [6, 6.07) is -0.117. The van der Waals surface area contributed by atoms with Crippen LogP contribution < -0.4 is 5.32 Å². The predicted octanol–water partition coefficient (Wildman–Crippen LogP) is 0.843. The van der Waals surface area contributed by atoms with Crippen LogP contribution in [0.4, 0.5) is 0 Å². The maximum atomic E-state index is 11.3. The van der Waals surface area contributed by atoms with Gasteiger partial charge in [-0.3, -0.25) is 4.99 Å². The number of rotatable bonds is 1. The molecule has 1 atom stereocenters. The number of allylic oxidation sites excluding steroid dienone is 1. The van der Waals surface area contributed by atoms with E-state index in [1.165, 1.54) is 7.11 Å². The Morgan fingerprint density at radius 1 is 1.54 bits per heavy atom. The number of hydrogen-bond acceptors (Lipinski definition) is 4. The molecule has 0 amide bonds. The second-order valence-corrected chi connectivity index (χ2v) is 3.05. The van der Waals surface area contributed by atoms with Gasteiger partial charge >= 0.3 is 5.97 Å². The average molecular weight is 182 g/mol.